The van der Waals surface area contributed by atoms with Gasteiger partial charge in [-0.25, -0.2) is 4.98 Å². The molecular weight excluding hydrogens is 308 g/mol. The molecule has 1 aromatic carbocycles. The number of thiazole rings is 1. The van der Waals surface area contributed by atoms with Crippen LogP contribution in [0.2, 0.25) is 0 Å². The normalized spacial score (nSPS) is 12.9. The van der Waals surface area contributed by atoms with E-state index in [-0.39, 0.29) is 6.04 Å². The summed E-state index contributed by atoms with van der Waals surface area (Å²) in [6.45, 7) is 6.41. The van der Waals surface area contributed by atoms with E-state index in [1.165, 1.54) is 11.1 Å². The Morgan fingerprint density at radius 1 is 1.33 bits per heavy atom. The van der Waals surface area contributed by atoms with Crippen molar-refractivity contribution in [3.8, 4) is 0 Å². The molecule has 1 N–H and O–H groups in total. The average Bonchev–Trinajstić information content (AvgIpc) is 2.79. The molecule has 0 bridgehead atoms. The summed E-state index contributed by atoms with van der Waals surface area (Å²) in [6, 6.07) is 7.02. The zero-order chi connectivity index (χ0) is 13.1. The minimum absolute atomic E-state index is 0.153. The van der Waals surface area contributed by atoms with Gasteiger partial charge in [0.05, 0.1) is 6.04 Å². The van der Waals surface area contributed by atoms with Crippen LogP contribution in [0.4, 0.5) is 0 Å². The third-order valence-corrected chi connectivity index (χ3v) is 4.19. The van der Waals surface area contributed by atoms with Crippen molar-refractivity contribution in [2.45, 2.75) is 32.9 Å². The van der Waals surface area contributed by atoms with Gasteiger partial charge in [0.15, 0.2) is 0 Å². The van der Waals surface area contributed by atoms with E-state index < -0.39 is 0 Å². The molecule has 0 aliphatic heterocycles. The van der Waals surface area contributed by atoms with E-state index in [9.17, 15) is 0 Å². The Morgan fingerprint density at radius 2 is 2.11 bits per heavy atom. The van der Waals surface area contributed by atoms with Gasteiger partial charge in [-0.3, -0.25) is 0 Å². The van der Waals surface area contributed by atoms with E-state index in [2.05, 4.69) is 65.2 Å². The lowest BCUT2D eigenvalue weighted by atomic mass is 10.0. The molecule has 0 aliphatic carbocycles. The zero-order valence-electron chi connectivity index (χ0n) is 10.8. The van der Waals surface area contributed by atoms with Gasteiger partial charge in [-0.2, -0.15) is 0 Å². The van der Waals surface area contributed by atoms with Crippen molar-refractivity contribution in [2.75, 3.05) is 0 Å². The van der Waals surface area contributed by atoms with Gasteiger partial charge in [0, 0.05) is 22.1 Å². The molecule has 4 heteroatoms. The predicted molar refractivity (Wildman–Crippen MR) is 81.1 cm³/mol. The first-order chi connectivity index (χ1) is 8.58. The molecule has 2 aromatic rings. The maximum absolute atomic E-state index is 4.44. The van der Waals surface area contributed by atoms with Crippen LogP contribution in [0.15, 0.2) is 34.2 Å². The van der Waals surface area contributed by atoms with Crippen molar-refractivity contribution in [3.05, 3.63) is 50.4 Å². The lowest BCUT2D eigenvalue weighted by Gasteiger charge is -2.21. The van der Waals surface area contributed by atoms with Crippen LogP contribution in [0.3, 0.4) is 0 Å². The molecule has 1 unspecified atom stereocenters. The molecular formula is C14H17BrN2S. The molecule has 18 heavy (non-hydrogen) atoms. The predicted octanol–water partition coefficient (Wildman–Crippen LogP) is 4.30. The van der Waals surface area contributed by atoms with Gasteiger partial charge < -0.3 is 5.32 Å². The van der Waals surface area contributed by atoms with Crippen LogP contribution >= 0.6 is 27.3 Å². The van der Waals surface area contributed by atoms with Gasteiger partial charge in [0.2, 0.25) is 0 Å². The quantitative estimate of drug-likeness (QED) is 0.906. The summed E-state index contributed by atoms with van der Waals surface area (Å²) in [5.74, 6) is 0. The number of nitrogens with one attached hydrogen (secondary N) is 1. The van der Waals surface area contributed by atoms with E-state index in [1.54, 1.807) is 11.3 Å². The fraction of sp³-hybridized carbons (Fsp3) is 0.357. The summed E-state index contributed by atoms with van der Waals surface area (Å²) in [5.41, 5.74) is 2.50. The molecule has 1 atom stereocenters. The van der Waals surface area contributed by atoms with E-state index >= 15 is 0 Å². The Morgan fingerprint density at radius 3 is 2.67 bits per heavy atom. The van der Waals surface area contributed by atoms with Gasteiger partial charge in [0.25, 0.3) is 0 Å². The van der Waals surface area contributed by atoms with Gasteiger partial charge >= 0.3 is 0 Å². The molecule has 0 spiro atoms. The molecule has 1 heterocycles. The molecule has 2 rings (SSSR count). The second kappa shape index (κ2) is 5.95. The Balaban J connectivity index is 2.40. The van der Waals surface area contributed by atoms with Crippen LogP contribution in [0.5, 0.6) is 0 Å². The van der Waals surface area contributed by atoms with Crippen molar-refractivity contribution in [1.82, 2.24) is 10.3 Å². The smallest absolute Gasteiger partial charge is 0.114 e. The zero-order valence-corrected chi connectivity index (χ0v) is 13.2. The van der Waals surface area contributed by atoms with Crippen molar-refractivity contribution >= 4 is 27.3 Å². The molecule has 0 saturated carbocycles. The Bertz CT molecular complexity index is 509. The minimum Gasteiger partial charge on any atom is -0.302 e. The number of benzene rings is 1. The monoisotopic (exact) mass is 324 g/mol. The van der Waals surface area contributed by atoms with Gasteiger partial charge in [-0.1, -0.05) is 28.1 Å². The second-order valence-electron chi connectivity index (χ2n) is 4.65. The van der Waals surface area contributed by atoms with Crippen LogP contribution in [0, 0.1) is 6.92 Å². The largest absolute Gasteiger partial charge is 0.302 e. The van der Waals surface area contributed by atoms with E-state index in [4.69, 9.17) is 0 Å². The van der Waals surface area contributed by atoms with Gasteiger partial charge in [-0.15, -0.1) is 11.3 Å². The van der Waals surface area contributed by atoms with Crippen LogP contribution in [-0.2, 0) is 0 Å². The molecule has 0 saturated heterocycles. The lowest BCUT2D eigenvalue weighted by Crippen LogP contribution is -2.29. The highest BCUT2D eigenvalue weighted by molar-refractivity contribution is 9.10. The molecule has 96 valence electrons. The van der Waals surface area contributed by atoms with E-state index in [1.807, 2.05) is 11.6 Å². The fourth-order valence-electron chi connectivity index (χ4n) is 1.87. The second-order valence-corrected chi connectivity index (χ2v) is 6.43. The Hall–Kier alpha value is -0.710. The summed E-state index contributed by atoms with van der Waals surface area (Å²) < 4.78 is 1.14. The third kappa shape index (κ3) is 3.19. The number of hydrogen-bond donors (Lipinski definition) is 1. The topological polar surface area (TPSA) is 24.9 Å². The Kier molecular flexibility index (Phi) is 4.54. The van der Waals surface area contributed by atoms with Crippen molar-refractivity contribution < 1.29 is 0 Å². The van der Waals surface area contributed by atoms with Crippen molar-refractivity contribution in [3.63, 3.8) is 0 Å². The van der Waals surface area contributed by atoms with Gasteiger partial charge in [0.1, 0.15) is 5.01 Å². The summed E-state index contributed by atoms with van der Waals surface area (Å²) >= 11 is 5.35. The average molecular weight is 325 g/mol. The number of halogens is 1. The Labute approximate surface area is 121 Å². The number of rotatable bonds is 4. The summed E-state index contributed by atoms with van der Waals surface area (Å²) in [6.07, 6.45) is 1.86. The van der Waals surface area contributed by atoms with Crippen LogP contribution in [0.25, 0.3) is 0 Å². The number of aryl methyl sites for hydroxylation is 1. The van der Waals surface area contributed by atoms with Crippen molar-refractivity contribution in [2.24, 2.45) is 0 Å². The summed E-state index contributed by atoms with van der Waals surface area (Å²) in [4.78, 5) is 4.44. The minimum atomic E-state index is 0.153. The van der Waals surface area contributed by atoms with Crippen molar-refractivity contribution in [1.29, 1.82) is 0 Å². The van der Waals surface area contributed by atoms with E-state index in [0.29, 0.717) is 6.04 Å². The molecule has 0 fully saturated rings. The first-order valence-electron chi connectivity index (χ1n) is 5.99. The summed E-state index contributed by atoms with van der Waals surface area (Å²) in [7, 11) is 0. The highest BCUT2D eigenvalue weighted by atomic mass is 79.9. The first kappa shape index (κ1) is 13.7. The SMILES string of the molecule is Cc1ccc(C(NC(C)C)c2nccs2)c(Br)c1. The number of hydrogen-bond acceptors (Lipinski definition) is 3. The summed E-state index contributed by atoms with van der Waals surface area (Å²) in [5, 5.41) is 6.70. The third-order valence-electron chi connectivity index (χ3n) is 2.67. The molecule has 2 nitrogen and oxygen atoms in total. The highest BCUT2D eigenvalue weighted by Gasteiger charge is 2.19. The highest BCUT2D eigenvalue weighted by Crippen LogP contribution is 2.30. The maximum atomic E-state index is 4.44. The standard InChI is InChI=1S/C14H17BrN2S/c1-9(2)17-13(14-16-6-7-18-14)11-5-4-10(3)8-12(11)15/h4-9,13,17H,1-3H3. The molecule has 0 radical (unpaired) electrons. The van der Waals surface area contributed by atoms with E-state index in [0.717, 1.165) is 9.48 Å². The fourth-order valence-corrected chi connectivity index (χ4v) is 3.31. The number of aromatic nitrogens is 1. The van der Waals surface area contributed by atoms with Crippen LogP contribution < -0.4 is 5.32 Å². The maximum Gasteiger partial charge on any atom is 0.114 e. The van der Waals surface area contributed by atoms with Crippen LogP contribution in [0.1, 0.15) is 36.0 Å². The molecule has 0 amide bonds. The first-order valence-corrected chi connectivity index (χ1v) is 7.66. The lowest BCUT2D eigenvalue weighted by molar-refractivity contribution is 0.526. The molecule has 0 aliphatic rings. The van der Waals surface area contributed by atoms with Gasteiger partial charge in [-0.05, 0) is 38.0 Å². The van der Waals surface area contributed by atoms with Crippen LogP contribution in [-0.4, -0.2) is 11.0 Å². The number of nitrogens with zero attached hydrogens (tertiary/aromatic N) is 1. The molecule has 1 aromatic heterocycles.